The van der Waals surface area contributed by atoms with Gasteiger partial charge in [0, 0.05) is 43.6 Å². The molecule has 1 aliphatic carbocycles. The second-order valence-electron chi connectivity index (χ2n) is 7.82. The van der Waals surface area contributed by atoms with Crippen molar-refractivity contribution < 1.29 is 9.59 Å². The van der Waals surface area contributed by atoms with Crippen molar-refractivity contribution >= 4 is 23.2 Å². The van der Waals surface area contributed by atoms with E-state index in [4.69, 9.17) is 0 Å². The number of likely N-dealkylation sites (N-methyl/N-ethyl adjacent to an activating group) is 1. The SMILES string of the molecule is CN1CCN(c2ccc(NC(=O)CC(=O)NC3CCCCCC3)cc2)CC1. The molecule has 2 aliphatic rings. The van der Waals surface area contributed by atoms with Crippen molar-refractivity contribution in [2.45, 2.75) is 51.0 Å². The number of carbonyl (C=O) groups is 2. The molecule has 1 heterocycles. The monoisotopic (exact) mass is 372 g/mol. The van der Waals surface area contributed by atoms with E-state index >= 15 is 0 Å². The number of nitrogens with one attached hydrogen (secondary N) is 2. The second kappa shape index (κ2) is 9.74. The van der Waals surface area contributed by atoms with Crippen molar-refractivity contribution in [3.8, 4) is 0 Å². The molecule has 1 aliphatic heterocycles. The van der Waals surface area contributed by atoms with E-state index in [0.717, 1.165) is 57.5 Å². The third-order valence-corrected chi connectivity index (χ3v) is 5.56. The Hall–Kier alpha value is -2.08. The van der Waals surface area contributed by atoms with E-state index in [1.54, 1.807) is 0 Å². The summed E-state index contributed by atoms with van der Waals surface area (Å²) in [5.74, 6) is -0.429. The lowest BCUT2D eigenvalue weighted by Crippen LogP contribution is -2.44. The van der Waals surface area contributed by atoms with Gasteiger partial charge in [0.05, 0.1) is 0 Å². The minimum atomic E-state index is -0.256. The van der Waals surface area contributed by atoms with Crippen molar-refractivity contribution in [2.24, 2.45) is 0 Å². The lowest BCUT2D eigenvalue weighted by molar-refractivity contribution is -0.127. The maximum atomic E-state index is 12.2. The number of nitrogens with zero attached hydrogens (tertiary/aromatic N) is 2. The van der Waals surface area contributed by atoms with E-state index < -0.39 is 0 Å². The highest BCUT2D eigenvalue weighted by atomic mass is 16.2. The van der Waals surface area contributed by atoms with Crippen LogP contribution in [0.5, 0.6) is 0 Å². The van der Waals surface area contributed by atoms with Gasteiger partial charge in [-0.3, -0.25) is 9.59 Å². The summed E-state index contributed by atoms with van der Waals surface area (Å²) in [6.07, 6.45) is 6.76. The molecule has 0 bridgehead atoms. The Kier molecular flexibility index (Phi) is 7.10. The maximum absolute atomic E-state index is 12.2. The lowest BCUT2D eigenvalue weighted by Gasteiger charge is -2.34. The summed E-state index contributed by atoms with van der Waals surface area (Å²) in [5.41, 5.74) is 1.91. The summed E-state index contributed by atoms with van der Waals surface area (Å²) in [5, 5.41) is 5.85. The average molecular weight is 373 g/mol. The van der Waals surface area contributed by atoms with E-state index in [0.29, 0.717) is 0 Å². The van der Waals surface area contributed by atoms with Crippen LogP contribution in [0, 0.1) is 0 Å². The zero-order chi connectivity index (χ0) is 19.1. The minimum absolute atomic E-state index is 0.114. The van der Waals surface area contributed by atoms with Gasteiger partial charge in [-0.25, -0.2) is 0 Å². The Morgan fingerprint density at radius 2 is 1.56 bits per heavy atom. The predicted molar refractivity (Wildman–Crippen MR) is 109 cm³/mol. The van der Waals surface area contributed by atoms with Crippen LogP contribution < -0.4 is 15.5 Å². The molecule has 2 amide bonds. The first kappa shape index (κ1) is 19.7. The fourth-order valence-corrected chi connectivity index (χ4v) is 3.87. The smallest absolute Gasteiger partial charge is 0.233 e. The van der Waals surface area contributed by atoms with E-state index in [2.05, 4.69) is 27.5 Å². The zero-order valence-electron chi connectivity index (χ0n) is 16.4. The van der Waals surface area contributed by atoms with Crippen LogP contribution in [0.4, 0.5) is 11.4 Å². The van der Waals surface area contributed by atoms with E-state index in [1.165, 1.54) is 18.5 Å². The van der Waals surface area contributed by atoms with Crippen LogP contribution in [-0.4, -0.2) is 56.0 Å². The predicted octanol–water partition coefficient (Wildman–Crippen LogP) is 2.61. The third kappa shape index (κ3) is 6.24. The van der Waals surface area contributed by atoms with Gasteiger partial charge in [-0.2, -0.15) is 0 Å². The number of hydrogen-bond donors (Lipinski definition) is 2. The normalized spacial score (nSPS) is 19.4. The van der Waals surface area contributed by atoms with Crippen LogP contribution in [0.15, 0.2) is 24.3 Å². The van der Waals surface area contributed by atoms with Crippen molar-refractivity contribution in [3.05, 3.63) is 24.3 Å². The van der Waals surface area contributed by atoms with Crippen molar-refractivity contribution in [1.29, 1.82) is 0 Å². The van der Waals surface area contributed by atoms with Gasteiger partial charge in [0.1, 0.15) is 6.42 Å². The molecular weight excluding hydrogens is 340 g/mol. The number of benzene rings is 1. The number of hydrogen-bond acceptors (Lipinski definition) is 4. The molecule has 6 nitrogen and oxygen atoms in total. The van der Waals surface area contributed by atoms with Crippen LogP contribution in [0.25, 0.3) is 0 Å². The molecule has 1 saturated heterocycles. The molecule has 6 heteroatoms. The summed E-state index contributed by atoms with van der Waals surface area (Å²) < 4.78 is 0. The van der Waals surface area contributed by atoms with Crippen LogP contribution in [0.3, 0.4) is 0 Å². The molecule has 3 rings (SSSR count). The van der Waals surface area contributed by atoms with Crippen LogP contribution in [0.2, 0.25) is 0 Å². The van der Waals surface area contributed by atoms with Crippen LogP contribution >= 0.6 is 0 Å². The zero-order valence-corrected chi connectivity index (χ0v) is 16.4. The van der Waals surface area contributed by atoms with Crippen molar-refractivity contribution in [2.75, 3.05) is 43.4 Å². The van der Waals surface area contributed by atoms with Gasteiger partial charge in [0.25, 0.3) is 0 Å². The summed E-state index contributed by atoms with van der Waals surface area (Å²) in [4.78, 5) is 29.0. The summed E-state index contributed by atoms with van der Waals surface area (Å²) in [6, 6.07) is 8.12. The quantitative estimate of drug-likeness (QED) is 0.616. The summed E-state index contributed by atoms with van der Waals surface area (Å²) in [6.45, 7) is 4.16. The van der Waals surface area contributed by atoms with E-state index in [9.17, 15) is 9.59 Å². The first-order chi connectivity index (χ1) is 13.1. The molecule has 27 heavy (non-hydrogen) atoms. The van der Waals surface area contributed by atoms with Gasteiger partial charge in [0.15, 0.2) is 0 Å². The molecule has 0 unspecified atom stereocenters. The van der Waals surface area contributed by atoms with Gasteiger partial charge in [0.2, 0.25) is 11.8 Å². The Bertz CT molecular complexity index is 616. The molecule has 148 valence electrons. The summed E-state index contributed by atoms with van der Waals surface area (Å²) in [7, 11) is 2.14. The highest BCUT2D eigenvalue weighted by Crippen LogP contribution is 2.20. The average Bonchev–Trinajstić information content (AvgIpc) is 2.91. The van der Waals surface area contributed by atoms with Gasteiger partial charge >= 0.3 is 0 Å². The van der Waals surface area contributed by atoms with Crippen LogP contribution in [-0.2, 0) is 9.59 Å². The maximum Gasteiger partial charge on any atom is 0.233 e. The Morgan fingerprint density at radius 3 is 2.19 bits per heavy atom. The second-order valence-corrected chi connectivity index (χ2v) is 7.82. The standard InChI is InChI=1S/C21H32N4O2/c1-24-12-14-25(15-13-24)19-10-8-18(9-11-19)23-21(27)16-20(26)22-17-6-4-2-3-5-7-17/h8-11,17H,2-7,12-16H2,1H3,(H,22,26)(H,23,27). The molecule has 0 radical (unpaired) electrons. The number of piperazine rings is 1. The molecule has 0 spiro atoms. The largest absolute Gasteiger partial charge is 0.369 e. The first-order valence-electron chi connectivity index (χ1n) is 10.2. The van der Waals surface area contributed by atoms with Crippen molar-refractivity contribution in [1.82, 2.24) is 10.2 Å². The third-order valence-electron chi connectivity index (χ3n) is 5.56. The lowest BCUT2D eigenvalue weighted by atomic mass is 10.1. The van der Waals surface area contributed by atoms with Crippen molar-refractivity contribution in [3.63, 3.8) is 0 Å². The number of carbonyl (C=O) groups excluding carboxylic acids is 2. The Morgan fingerprint density at radius 1 is 0.926 bits per heavy atom. The Balaban J connectivity index is 1.44. The number of rotatable bonds is 5. The molecule has 2 N–H and O–H groups in total. The molecule has 0 atom stereocenters. The topological polar surface area (TPSA) is 64.7 Å². The van der Waals surface area contributed by atoms with Crippen LogP contribution in [0.1, 0.15) is 44.9 Å². The number of amides is 2. The Labute approximate surface area is 162 Å². The molecule has 0 aromatic heterocycles. The summed E-state index contributed by atoms with van der Waals surface area (Å²) >= 11 is 0. The fraction of sp³-hybridized carbons (Fsp3) is 0.619. The molecule has 1 aromatic rings. The molecule has 2 fully saturated rings. The highest BCUT2D eigenvalue weighted by Gasteiger charge is 2.17. The minimum Gasteiger partial charge on any atom is -0.369 e. The molecule has 1 saturated carbocycles. The van der Waals surface area contributed by atoms with Gasteiger partial charge in [-0.15, -0.1) is 0 Å². The highest BCUT2D eigenvalue weighted by molar-refractivity contribution is 6.03. The number of anilines is 2. The van der Waals surface area contributed by atoms with Gasteiger partial charge in [-0.05, 0) is 44.2 Å². The van der Waals surface area contributed by atoms with E-state index in [-0.39, 0.29) is 24.3 Å². The first-order valence-corrected chi connectivity index (χ1v) is 10.2. The van der Waals surface area contributed by atoms with Gasteiger partial charge < -0.3 is 20.4 Å². The van der Waals surface area contributed by atoms with E-state index in [1.807, 2.05) is 24.3 Å². The molecule has 1 aromatic carbocycles. The van der Waals surface area contributed by atoms with Gasteiger partial charge in [-0.1, -0.05) is 25.7 Å². The molecular formula is C21H32N4O2. The fourth-order valence-electron chi connectivity index (χ4n) is 3.87.